The Balaban J connectivity index is 1.88. The normalized spacial score (nSPS) is 14.3. The molecular formula is C23H22Cl2N2O. The third kappa shape index (κ3) is 3.57. The monoisotopic (exact) mass is 412 g/mol. The van der Waals surface area contributed by atoms with E-state index in [9.17, 15) is 4.79 Å². The van der Waals surface area contributed by atoms with Crippen molar-refractivity contribution < 1.29 is 4.79 Å². The van der Waals surface area contributed by atoms with Gasteiger partial charge >= 0.3 is 0 Å². The third-order valence-electron chi connectivity index (χ3n) is 5.34. The van der Waals surface area contributed by atoms with Crippen LogP contribution in [-0.4, -0.2) is 28.5 Å². The van der Waals surface area contributed by atoms with E-state index in [1.165, 1.54) is 6.42 Å². The average Bonchev–Trinajstić information content (AvgIpc) is 3.06. The summed E-state index contributed by atoms with van der Waals surface area (Å²) in [6, 6.07) is 17.5. The van der Waals surface area contributed by atoms with Gasteiger partial charge in [-0.3, -0.25) is 4.79 Å². The Morgan fingerprint density at radius 3 is 2.32 bits per heavy atom. The van der Waals surface area contributed by atoms with Crippen molar-refractivity contribution in [1.29, 1.82) is 0 Å². The first-order valence-corrected chi connectivity index (χ1v) is 10.3. The van der Waals surface area contributed by atoms with Crippen molar-refractivity contribution in [3.8, 4) is 16.9 Å². The number of benzene rings is 2. The quantitative estimate of drug-likeness (QED) is 0.489. The van der Waals surface area contributed by atoms with E-state index in [0.717, 1.165) is 54.1 Å². The van der Waals surface area contributed by atoms with Crippen LogP contribution in [-0.2, 0) is 0 Å². The number of nitrogens with zero attached hydrogens (tertiary/aromatic N) is 2. The maximum atomic E-state index is 13.2. The summed E-state index contributed by atoms with van der Waals surface area (Å²) in [5.41, 5.74) is 4.42. The summed E-state index contributed by atoms with van der Waals surface area (Å²) in [4.78, 5) is 15.2. The standard InChI is InChI=1S/C23H22Cl2N2O/c1-16-19(23(28)26-12-6-3-7-13-26)15-22(17-8-4-2-5-9-17)27(16)21-11-10-18(24)14-20(21)25/h2,4-5,8-11,14-15H,3,6-7,12-13H2,1H3. The number of carbonyl (C=O) groups is 1. The molecule has 3 aromatic rings. The van der Waals surface area contributed by atoms with Crippen molar-refractivity contribution in [2.75, 3.05) is 13.1 Å². The predicted molar refractivity (Wildman–Crippen MR) is 116 cm³/mol. The minimum absolute atomic E-state index is 0.0956. The molecule has 0 unspecified atom stereocenters. The van der Waals surface area contributed by atoms with E-state index in [-0.39, 0.29) is 5.91 Å². The fourth-order valence-electron chi connectivity index (χ4n) is 3.89. The van der Waals surface area contributed by atoms with E-state index in [1.807, 2.05) is 60.4 Å². The van der Waals surface area contributed by atoms with Crippen LogP contribution in [0.5, 0.6) is 0 Å². The van der Waals surface area contributed by atoms with E-state index in [2.05, 4.69) is 4.57 Å². The largest absolute Gasteiger partial charge is 0.339 e. The molecule has 1 saturated heterocycles. The van der Waals surface area contributed by atoms with Gasteiger partial charge in [0.05, 0.1) is 22.0 Å². The predicted octanol–water partition coefficient (Wildman–Crippen LogP) is 6.39. The summed E-state index contributed by atoms with van der Waals surface area (Å²) in [5, 5.41) is 1.14. The maximum absolute atomic E-state index is 13.2. The van der Waals surface area contributed by atoms with Gasteiger partial charge in [0.15, 0.2) is 0 Å². The Kier molecular flexibility index (Phi) is 5.47. The first-order chi connectivity index (χ1) is 13.6. The number of rotatable bonds is 3. The van der Waals surface area contributed by atoms with Crippen molar-refractivity contribution in [3.63, 3.8) is 0 Å². The highest BCUT2D eigenvalue weighted by atomic mass is 35.5. The summed E-state index contributed by atoms with van der Waals surface area (Å²) in [6.07, 6.45) is 3.33. The number of likely N-dealkylation sites (tertiary alicyclic amines) is 1. The number of carbonyl (C=O) groups excluding carboxylic acids is 1. The fraction of sp³-hybridized carbons (Fsp3) is 0.261. The molecular weight excluding hydrogens is 391 g/mol. The summed E-state index contributed by atoms with van der Waals surface area (Å²) in [6.45, 7) is 3.63. The van der Waals surface area contributed by atoms with E-state index in [0.29, 0.717) is 10.0 Å². The molecule has 28 heavy (non-hydrogen) atoms. The van der Waals surface area contributed by atoms with Crippen molar-refractivity contribution in [3.05, 3.63) is 75.9 Å². The molecule has 0 atom stereocenters. The molecule has 2 aromatic carbocycles. The molecule has 0 saturated carbocycles. The fourth-order valence-corrected chi connectivity index (χ4v) is 4.38. The zero-order valence-electron chi connectivity index (χ0n) is 15.8. The molecule has 5 heteroatoms. The number of halogens is 2. The van der Waals surface area contributed by atoms with E-state index < -0.39 is 0 Å². The summed E-state index contributed by atoms with van der Waals surface area (Å²) >= 11 is 12.6. The molecule has 1 aliphatic rings. The number of hydrogen-bond acceptors (Lipinski definition) is 1. The van der Waals surface area contributed by atoms with Gasteiger partial charge in [-0.05, 0) is 56.0 Å². The molecule has 1 aromatic heterocycles. The van der Waals surface area contributed by atoms with Crippen LogP contribution >= 0.6 is 23.2 Å². The van der Waals surface area contributed by atoms with Gasteiger partial charge in [-0.25, -0.2) is 0 Å². The van der Waals surface area contributed by atoms with E-state index in [4.69, 9.17) is 23.2 Å². The van der Waals surface area contributed by atoms with Crippen LogP contribution in [0.4, 0.5) is 0 Å². The zero-order valence-corrected chi connectivity index (χ0v) is 17.3. The van der Waals surface area contributed by atoms with E-state index in [1.54, 1.807) is 6.07 Å². The molecule has 1 fully saturated rings. The topological polar surface area (TPSA) is 25.2 Å². The molecule has 3 nitrogen and oxygen atoms in total. The van der Waals surface area contributed by atoms with Crippen LogP contribution in [0.15, 0.2) is 54.6 Å². The van der Waals surface area contributed by atoms with Crippen LogP contribution in [0.1, 0.15) is 35.3 Å². The Hall–Kier alpha value is -2.23. The SMILES string of the molecule is Cc1c(C(=O)N2CCCCC2)cc(-c2ccccc2)n1-c1ccc(Cl)cc1Cl. The molecule has 2 heterocycles. The van der Waals surface area contributed by atoms with Gasteiger partial charge in [0.1, 0.15) is 0 Å². The van der Waals surface area contributed by atoms with Crippen LogP contribution in [0.3, 0.4) is 0 Å². The molecule has 144 valence electrons. The molecule has 1 aliphatic heterocycles. The first kappa shape index (κ1) is 19.1. The van der Waals surface area contributed by atoms with Crippen LogP contribution in [0.2, 0.25) is 10.0 Å². The lowest BCUT2D eigenvalue weighted by Crippen LogP contribution is -2.35. The summed E-state index contributed by atoms with van der Waals surface area (Å²) in [7, 11) is 0. The Labute approximate surface area is 175 Å². The maximum Gasteiger partial charge on any atom is 0.255 e. The second-order valence-electron chi connectivity index (χ2n) is 7.18. The lowest BCUT2D eigenvalue weighted by Gasteiger charge is -2.26. The van der Waals surface area contributed by atoms with E-state index >= 15 is 0 Å². The van der Waals surface area contributed by atoms with Gasteiger partial charge in [0.25, 0.3) is 5.91 Å². The molecule has 0 N–H and O–H groups in total. The van der Waals surface area contributed by atoms with Gasteiger partial charge in [-0.1, -0.05) is 53.5 Å². The first-order valence-electron chi connectivity index (χ1n) is 9.59. The number of piperidine rings is 1. The van der Waals surface area contributed by atoms with Crippen LogP contribution in [0, 0.1) is 6.92 Å². The number of hydrogen-bond donors (Lipinski definition) is 0. The Morgan fingerprint density at radius 2 is 1.64 bits per heavy atom. The van der Waals surface area contributed by atoms with Crippen LogP contribution < -0.4 is 0 Å². The molecule has 0 radical (unpaired) electrons. The third-order valence-corrected chi connectivity index (χ3v) is 5.88. The lowest BCUT2D eigenvalue weighted by atomic mass is 10.1. The van der Waals surface area contributed by atoms with Crippen molar-refractivity contribution in [1.82, 2.24) is 9.47 Å². The highest BCUT2D eigenvalue weighted by molar-refractivity contribution is 6.35. The summed E-state index contributed by atoms with van der Waals surface area (Å²) in [5.74, 6) is 0.0956. The minimum atomic E-state index is 0.0956. The van der Waals surface area contributed by atoms with Gasteiger partial charge in [-0.15, -0.1) is 0 Å². The van der Waals surface area contributed by atoms with Crippen LogP contribution in [0.25, 0.3) is 16.9 Å². The molecule has 0 bridgehead atoms. The molecule has 1 amide bonds. The van der Waals surface area contributed by atoms with Crippen molar-refractivity contribution >= 4 is 29.1 Å². The number of aromatic nitrogens is 1. The molecule has 0 aliphatic carbocycles. The summed E-state index contributed by atoms with van der Waals surface area (Å²) < 4.78 is 2.06. The Morgan fingerprint density at radius 1 is 0.929 bits per heavy atom. The van der Waals surface area contributed by atoms with Gasteiger partial charge in [-0.2, -0.15) is 0 Å². The molecule has 0 spiro atoms. The zero-order chi connectivity index (χ0) is 19.7. The number of amides is 1. The van der Waals surface area contributed by atoms with Gasteiger partial charge < -0.3 is 9.47 Å². The minimum Gasteiger partial charge on any atom is -0.339 e. The molecule has 4 rings (SSSR count). The lowest BCUT2D eigenvalue weighted by molar-refractivity contribution is 0.0723. The van der Waals surface area contributed by atoms with Crippen molar-refractivity contribution in [2.24, 2.45) is 0 Å². The highest BCUT2D eigenvalue weighted by Crippen LogP contribution is 2.34. The van der Waals surface area contributed by atoms with Crippen molar-refractivity contribution in [2.45, 2.75) is 26.2 Å². The Bertz CT molecular complexity index is 1000. The van der Waals surface area contributed by atoms with Gasteiger partial charge in [0.2, 0.25) is 0 Å². The van der Waals surface area contributed by atoms with Gasteiger partial charge in [0, 0.05) is 23.8 Å². The average molecular weight is 413 g/mol. The second kappa shape index (κ2) is 8.02. The smallest absolute Gasteiger partial charge is 0.255 e. The second-order valence-corrected chi connectivity index (χ2v) is 8.02. The highest BCUT2D eigenvalue weighted by Gasteiger charge is 2.25.